The summed E-state index contributed by atoms with van der Waals surface area (Å²) in [6, 6.07) is 4.72. The first-order valence-corrected chi connectivity index (χ1v) is 5.51. The third-order valence-electron chi connectivity index (χ3n) is 3.02. The van der Waals surface area contributed by atoms with Gasteiger partial charge in [-0.1, -0.05) is 24.3 Å². The molecule has 0 spiro atoms. The molecule has 0 bridgehead atoms. The van der Waals surface area contributed by atoms with Crippen LogP contribution in [0, 0.1) is 0 Å². The molecule has 1 heterocycles. The molecule has 1 aromatic rings. The Kier molecular flexibility index (Phi) is 3.21. The Morgan fingerprint density at radius 2 is 1.89 bits per heavy atom. The van der Waals surface area contributed by atoms with Crippen molar-refractivity contribution in [1.29, 1.82) is 0 Å². The zero-order chi connectivity index (χ0) is 14.2. The fourth-order valence-electron chi connectivity index (χ4n) is 2.21. The van der Waals surface area contributed by atoms with Gasteiger partial charge < -0.3 is 10.0 Å². The van der Waals surface area contributed by atoms with Gasteiger partial charge in [0.1, 0.15) is 0 Å². The minimum Gasteiger partial charge on any atom is -0.479 e. The molecular weight excluding hydrogens is 263 g/mol. The van der Waals surface area contributed by atoms with Crippen molar-refractivity contribution < 1.29 is 27.9 Å². The third kappa shape index (κ3) is 2.40. The molecule has 1 amide bonds. The van der Waals surface area contributed by atoms with E-state index >= 15 is 0 Å². The van der Waals surface area contributed by atoms with Gasteiger partial charge in [0.05, 0.1) is 0 Å². The van der Waals surface area contributed by atoms with Gasteiger partial charge in [0.2, 0.25) is 0 Å². The Bertz CT molecular complexity index is 527. The van der Waals surface area contributed by atoms with E-state index in [1.807, 2.05) is 0 Å². The number of carbonyl (C=O) groups excluding carboxylic acids is 1. The lowest BCUT2D eigenvalue weighted by Crippen LogP contribution is -2.48. The van der Waals surface area contributed by atoms with Crippen LogP contribution < -0.4 is 0 Å². The van der Waals surface area contributed by atoms with Crippen molar-refractivity contribution in [3.63, 3.8) is 0 Å². The molecule has 1 atom stereocenters. The molecule has 0 saturated carbocycles. The van der Waals surface area contributed by atoms with E-state index in [1.165, 1.54) is 12.1 Å². The third-order valence-corrected chi connectivity index (χ3v) is 3.02. The SMILES string of the molecule is O=C(O)C1c2ccccc2CCN1C(=O)C(F)(F)F. The second kappa shape index (κ2) is 4.56. The first kappa shape index (κ1) is 13.4. The number of fused-ring (bicyclic) bond motifs is 1. The van der Waals surface area contributed by atoms with Gasteiger partial charge in [-0.3, -0.25) is 4.79 Å². The monoisotopic (exact) mass is 273 g/mol. The van der Waals surface area contributed by atoms with Gasteiger partial charge in [0, 0.05) is 6.54 Å². The van der Waals surface area contributed by atoms with Gasteiger partial charge >= 0.3 is 18.1 Å². The predicted octanol–water partition coefficient (Wildman–Crippen LogP) is 1.76. The molecule has 102 valence electrons. The quantitative estimate of drug-likeness (QED) is 0.848. The van der Waals surface area contributed by atoms with Gasteiger partial charge in [-0.2, -0.15) is 13.2 Å². The summed E-state index contributed by atoms with van der Waals surface area (Å²) < 4.78 is 37.4. The number of carbonyl (C=O) groups is 2. The van der Waals surface area contributed by atoms with Crippen LogP contribution in [-0.2, 0) is 16.0 Å². The van der Waals surface area contributed by atoms with E-state index in [4.69, 9.17) is 5.11 Å². The summed E-state index contributed by atoms with van der Waals surface area (Å²) in [5, 5.41) is 9.11. The van der Waals surface area contributed by atoms with Crippen LogP contribution in [0.4, 0.5) is 13.2 Å². The lowest BCUT2D eigenvalue weighted by Gasteiger charge is -2.34. The number of nitrogens with zero attached hydrogens (tertiary/aromatic N) is 1. The van der Waals surface area contributed by atoms with Crippen LogP contribution in [-0.4, -0.2) is 34.6 Å². The highest BCUT2D eigenvalue weighted by molar-refractivity contribution is 5.88. The van der Waals surface area contributed by atoms with E-state index < -0.39 is 24.1 Å². The molecule has 0 saturated heterocycles. The van der Waals surface area contributed by atoms with Crippen molar-refractivity contribution in [3.8, 4) is 0 Å². The van der Waals surface area contributed by atoms with Crippen molar-refractivity contribution in [2.45, 2.75) is 18.6 Å². The summed E-state index contributed by atoms with van der Waals surface area (Å²) in [7, 11) is 0. The number of carboxylic acids is 1. The average molecular weight is 273 g/mol. The van der Waals surface area contributed by atoms with Crippen molar-refractivity contribution in [3.05, 3.63) is 35.4 Å². The predicted molar refractivity (Wildman–Crippen MR) is 58.3 cm³/mol. The normalized spacial score (nSPS) is 18.9. The highest BCUT2D eigenvalue weighted by atomic mass is 19.4. The first-order valence-electron chi connectivity index (χ1n) is 5.51. The molecule has 7 heteroatoms. The maximum Gasteiger partial charge on any atom is 0.471 e. The molecule has 1 aromatic carbocycles. The number of hydrogen-bond donors (Lipinski definition) is 1. The zero-order valence-electron chi connectivity index (χ0n) is 9.65. The number of hydrogen-bond acceptors (Lipinski definition) is 2. The number of amides is 1. The molecule has 0 aromatic heterocycles. The number of aliphatic carboxylic acids is 1. The van der Waals surface area contributed by atoms with E-state index in [0.29, 0.717) is 10.5 Å². The van der Waals surface area contributed by atoms with Crippen molar-refractivity contribution >= 4 is 11.9 Å². The first-order chi connectivity index (χ1) is 8.82. The number of rotatable bonds is 1. The lowest BCUT2D eigenvalue weighted by molar-refractivity contribution is -0.190. The molecule has 4 nitrogen and oxygen atoms in total. The summed E-state index contributed by atoms with van der Waals surface area (Å²) >= 11 is 0. The van der Waals surface area contributed by atoms with Crippen molar-refractivity contribution in [2.24, 2.45) is 0 Å². The standard InChI is InChI=1S/C12H10F3NO3/c13-12(14,15)11(19)16-6-5-7-3-1-2-4-8(7)9(16)10(17)18/h1-4,9H,5-6H2,(H,17,18). The Balaban J connectivity index is 2.44. The molecule has 1 unspecified atom stereocenters. The van der Waals surface area contributed by atoms with Crippen molar-refractivity contribution in [2.75, 3.05) is 6.54 Å². The highest BCUT2D eigenvalue weighted by Crippen LogP contribution is 2.33. The van der Waals surface area contributed by atoms with E-state index in [2.05, 4.69) is 0 Å². The van der Waals surface area contributed by atoms with Gasteiger partial charge in [0.15, 0.2) is 6.04 Å². The molecule has 19 heavy (non-hydrogen) atoms. The molecule has 0 fully saturated rings. The molecule has 1 aliphatic rings. The molecule has 1 N–H and O–H groups in total. The van der Waals surface area contributed by atoms with Crippen LogP contribution in [0.25, 0.3) is 0 Å². The van der Waals surface area contributed by atoms with Crippen LogP contribution in [0.3, 0.4) is 0 Å². The largest absolute Gasteiger partial charge is 0.479 e. The van der Waals surface area contributed by atoms with Crippen LogP contribution >= 0.6 is 0 Å². The maximum absolute atomic E-state index is 12.5. The van der Waals surface area contributed by atoms with Crippen LogP contribution in [0.1, 0.15) is 17.2 Å². The number of halogens is 3. The maximum atomic E-state index is 12.5. The summed E-state index contributed by atoms with van der Waals surface area (Å²) in [4.78, 5) is 22.8. The van der Waals surface area contributed by atoms with E-state index in [0.717, 1.165) is 0 Å². The van der Waals surface area contributed by atoms with Crippen LogP contribution in [0.15, 0.2) is 24.3 Å². The van der Waals surface area contributed by atoms with Crippen LogP contribution in [0.5, 0.6) is 0 Å². The van der Waals surface area contributed by atoms with Crippen LogP contribution in [0.2, 0.25) is 0 Å². The van der Waals surface area contributed by atoms with E-state index in [-0.39, 0.29) is 18.5 Å². The Morgan fingerprint density at radius 1 is 1.26 bits per heavy atom. The fraction of sp³-hybridized carbons (Fsp3) is 0.333. The molecule has 1 aliphatic heterocycles. The number of alkyl halides is 3. The molecular formula is C12H10F3NO3. The summed E-state index contributed by atoms with van der Waals surface area (Å²) in [6.45, 7) is -0.258. The molecule has 2 rings (SSSR count). The minimum absolute atomic E-state index is 0.210. The summed E-state index contributed by atoms with van der Waals surface area (Å²) in [6.07, 6.45) is -4.86. The minimum atomic E-state index is -5.07. The van der Waals surface area contributed by atoms with Gasteiger partial charge in [-0.15, -0.1) is 0 Å². The van der Waals surface area contributed by atoms with Gasteiger partial charge in [-0.25, -0.2) is 4.79 Å². The van der Waals surface area contributed by atoms with E-state index in [1.54, 1.807) is 12.1 Å². The Morgan fingerprint density at radius 3 is 2.47 bits per heavy atom. The molecule has 0 aliphatic carbocycles. The fourth-order valence-corrected chi connectivity index (χ4v) is 2.21. The second-order valence-electron chi connectivity index (χ2n) is 4.19. The number of benzene rings is 1. The van der Waals surface area contributed by atoms with Gasteiger partial charge in [0.25, 0.3) is 0 Å². The van der Waals surface area contributed by atoms with Gasteiger partial charge in [-0.05, 0) is 17.5 Å². The highest BCUT2D eigenvalue weighted by Gasteiger charge is 2.48. The lowest BCUT2D eigenvalue weighted by atomic mass is 9.92. The smallest absolute Gasteiger partial charge is 0.471 e. The second-order valence-corrected chi connectivity index (χ2v) is 4.19. The molecule has 0 radical (unpaired) electrons. The summed E-state index contributed by atoms with van der Waals surface area (Å²) in [5.74, 6) is -3.58. The zero-order valence-corrected chi connectivity index (χ0v) is 9.65. The van der Waals surface area contributed by atoms with Crippen molar-refractivity contribution in [1.82, 2.24) is 4.90 Å². The Hall–Kier alpha value is -2.05. The number of carboxylic acid groups (broad SMARTS) is 1. The van der Waals surface area contributed by atoms with E-state index in [9.17, 15) is 22.8 Å². The average Bonchev–Trinajstić information content (AvgIpc) is 2.35. The summed E-state index contributed by atoms with van der Waals surface area (Å²) in [5.41, 5.74) is 0.889. The topological polar surface area (TPSA) is 57.6 Å². The Labute approximate surface area is 106 Å².